The van der Waals surface area contributed by atoms with Gasteiger partial charge in [-0.2, -0.15) is 0 Å². The van der Waals surface area contributed by atoms with Gasteiger partial charge >= 0.3 is 11.9 Å². The third-order valence-corrected chi connectivity index (χ3v) is 3.70. The normalized spacial score (nSPS) is 9.00. The largest absolute Gasteiger partial charge is 0.481 e. The lowest BCUT2D eigenvalue weighted by Crippen LogP contribution is -2.03. The Labute approximate surface area is 163 Å². The van der Waals surface area contributed by atoms with Crippen LogP contribution in [0.1, 0.15) is 11.1 Å². The van der Waals surface area contributed by atoms with Crippen LogP contribution in [0.5, 0.6) is 0 Å². The summed E-state index contributed by atoms with van der Waals surface area (Å²) in [5.74, 6) is -1.02. The number of carbonyl (C=O) groups is 2. The van der Waals surface area contributed by atoms with Crippen molar-refractivity contribution >= 4 is 43.8 Å². The number of aliphatic carboxylic acids is 1. The van der Waals surface area contributed by atoms with Crippen LogP contribution in [-0.2, 0) is 27.2 Å². The number of methoxy groups -OCH3 is 1. The van der Waals surface area contributed by atoms with Gasteiger partial charge in [0.25, 0.3) is 0 Å². The van der Waals surface area contributed by atoms with Gasteiger partial charge in [-0.1, -0.05) is 56.1 Å². The van der Waals surface area contributed by atoms with Crippen LogP contribution in [0, 0.1) is 0 Å². The molecule has 0 heterocycles. The van der Waals surface area contributed by atoms with E-state index in [9.17, 15) is 9.59 Å². The van der Waals surface area contributed by atoms with E-state index in [1.807, 2.05) is 36.4 Å². The van der Waals surface area contributed by atoms with Crippen molar-refractivity contribution in [1.82, 2.24) is 0 Å². The van der Waals surface area contributed by atoms with Crippen molar-refractivity contribution in [1.29, 1.82) is 0 Å². The van der Waals surface area contributed by atoms with Crippen molar-refractivity contribution in [3.8, 4) is 0 Å². The van der Waals surface area contributed by atoms with Crippen molar-refractivity contribution in [2.75, 3.05) is 14.2 Å². The zero-order chi connectivity index (χ0) is 19.2. The molecule has 0 saturated carbocycles. The van der Waals surface area contributed by atoms with Gasteiger partial charge in [-0.25, -0.2) is 0 Å². The van der Waals surface area contributed by atoms with Crippen molar-refractivity contribution < 1.29 is 24.5 Å². The lowest BCUT2D eigenvalue weighted by Gasteiger charge is -1.99. The van der Waals surface area contributed by atoms with Crippen LogP contribution in [0.25, 0.3) is 0 Å². The summed E-state index contributed by atoms with van der Waals surface area (Å²) in [5, 5.41) is 15.4. The number of ether oxygens (including phenoxy) is 1. The molecule has 0 aliphatic carbocycles. The lowest BCUT2D eigenvalue weighted by atomic mass is 10.2. The Kier molecular flexibility index (Phi) is 12.7. The van der Waals surface area contributed by atoms with Crippen molar-refractivity contribution in [2.45, 2.75) is 12.8 Å². The lowest BCUT2D eigenvalue weighted by molar-refractivity contribution is -0.140. The number of carbonyl (C=O) groups excluding carboxylic acids is 1. The Hall–Kier alpha value is -1.70. The molecule has 0 atom stereocenters. The second-order valence-electron chi connectivity index (χ2n) is 4.58. The first-order valence-corrected chi connectivity index (χ1v) is 8.71. The molecule has 0 amide bonds. The first kappa shape index (κ1) is 23.3. The molecule has 2 N–H and O–H groups in total. The van der Waals surface area contributed by atoms with Crippen LogP contribution in [0.2, 0.25) is 0 Å². The summed E-state index contributed by atoms with van der Waals surface area (Å²) < 4.78 is 6.43. The second-order valence-corrected chi connectivity index (χ2v) is 6.41. The highest BCUT2D eigenvalue weighted by Gasteiger charge is 2.01. The molecule has 0 fully saturated rings. The number of esters is 1. The average Bonchev–Trinajstić information content (AvgIpc) is 2.56. The van der Waals surface area contributed by atoms with Gasteiger partial charge in [0, 0.05) is 16.1 Å². The number of rotatable bonds is 4. The maximum atomic E-state index is 10.9. The SMILES string of the molecule is CO.COC(=O)Cc1cccc(Br)c1.O=C(O)Cc1cccc(Br)c1. The maximum Gasteiger partial charge on any atom is 0.309 e. The van der Waals surface area contributed by atoms with Gasteiger partial charge in [0.2, 0.25) is 0 Å². The van der Waals surface area contributed by atoms with Gasteiger partial charge in [-0.15, -0.1) is 0 Å². The molecular formula is C18H20Br2O5. The molecule has 0 spiro atoms. The summed E-state index contributed by atoms with van der Waals surface area (Å²) >= 11 is 6.58. The van der Waals surface area contributed by atoms with Crippen LogP contribution < -0.4 is 0 Å². The molecule has 2 aromatic carbocycles. The third kappa shape index (κ3) is 11.5. The average molecular weight is 476 g/mol. The highest BCUT2D eigenvalue weighted by molar-refractivity contribution is 9.10. The molecule has 136 valence electrons. The monoisotopic (exact) mass is 474 g/mol. The summed E-state index contributed by atoms with van der Waals surface area (Å²) in [7, 11) is 2.39. The Balaban J connectivity index is 0.000000421. The van der Waals surface area contributed by atoms with Gasteiger partial charge in [-0.05, 0) is 35.4 Å². The van der Waals surface area contributed by atoms with Gasteiger partial charge in [0.15, 0.2) is 0 Å². The standard InChI is InChI=1S/C9H9BrO2.C8H7BrO2.CH4O/c1-12-9(11)6-7-3-2-4-8(10)5-7;9-7-3-1-2-6(4-7)5-8(10)11;1-2/h2-5H,6H2,1H3;1-4H,5H2,(H,10,11);2H,1H3. The van der Waals surface area contributed by atoms with Crippen LogP contribution >= 0.6 is 31.9 Å². The first-order valence-electron chi connectivity index (χ1n) is 7.13. The van der Waals surface area contributed by atoms with Crippen LogP contribution in [0.4, 0.5) is 0 Å². The van der Waals surface area contributed by atoms with Gasteiger partial charge in [-0.3, -0.25) is 9.59 Å². The zero-order valence-corrected chi connectivity index (χ0v) is 17.1. The minimum Gasteiger partial charge on any atom is -0.481 e. The number of aliphatic hydroxyl groups is 1. The number of hydrogen-bond acceptors (Lipinski definition) is 4. The zero-order valence-electron chi connectivity index (χ0n) is 13.9. The molecule has 2 aromatic rings. The van der Waals surface area contributed by atoms with Crippen molar-refractivity contribution in [3.05, 3.63) is 68.6 Å². The van der Waals surface area contributed by atoms with E-state index in [4.69, 9.17) is 10.2 Å². The van der Waals surface area contributed by atoms with Crippen molar-refractivity contribution in [3.63, 3.8) is 0 Å². The van der Waals surface area contributed by atoms with Crippen LogP contribution in [-0.4, -0.2) is 36.4 Å². The molecule has 0 bridgehead atoms. The Bertz CT molecular complexity index is 674. The molecule has 0 radical (unpaired) electrons. The van der Waals surface area contributed by atoms with E-state index in [0.29, 0.717) is 6.42 Å². The molecule has 0 aromatic heterocycles. The molecule has 0 unspecified atom stereocenters. The number of halogens is 2. The van der Waals surface area contributed by atoms with E-state index in [2.05, 4.69) is 36.6 Å². The molecular weight excluding hydrogens is 456 g/mol. The molecule has 0 aliphatic heterocycles. The van der Waals surface area contributed by atoms with E-state index in [1.165, 1.54) is 7.11 Å². The fourth-order valence-electron chi connectivity index (χ4n) is 1.71. The summed E-state index contributed by atoms with van der Waals surface area (Å²) in [6.45, 7) is 0. The fraction of sp³-hybridized carbons (Fsp3) is 0.222. The van der Waals surface area contributed by atoms with Gasteiger partial charge < -0.3 is 14.9 Å². The predicted octanol–water partition coefficient (Wildman–Crippen LogP) is 3.85. The van der Waals surface area contributed by atoms with Gasteiger partial charge in [0.1, 0.15) is 0 Å². The Morgan fingerprint density at radius 1 is 0.920 bits per heavy atom. The topological polar surface area (TPSA) is 83.8 Å². The summed E-state index contributed by atoms with van der Waals surface area (Å²) in [5.41, 5.74) is 1.77. The molecule has 0 aliphatic rings. The summed E-state index contributed by atoms with van der Waals surface area (Å²) in [6, 6.07) is 14.9. The van der Waals surface area contributed by atoms with E-state index < -0.39 is 5.97 Å². The highest BCUT2D eigenvalue weighted by Crippen LogP contribution is 2.12. The smallest absolute Gasteiger partial charge is 0.309 e. The predicted molar refractivity (Wildman–Crippen MR) is 103 cm³/mol. The first-order chi connectivity index (χ1) is 11.9. The van der Waals surface area contributed by atoms with E-state index in [-0.39, 0.29) is 12.4 Å². The number of aliphatic hydroxyl groups excluding tert-OH is 1. The van der Waals surface area contributed by atoms with E-state index >= 15 is 0 Å². The molecule has 25 heavy (non-hydrogen) atoms. The molecule has 5 nitrogen and oxygen atoms in total. The van der Waals surface area contributed by atoms with Crippen LogP contribution in [0.3, 0.4) is 0 Å². The summed E-state index contributed by atoms with van der Waals surface area (Å²) in [6.07, 6.45) is 0.412. The van der Waals surface area contributed by atoms with E-state index in [0.717, 1.165) is 27.2 Å². The molecule has 2 rings (SSSR count). The van der Waals surface area contributed by atoms with Crippen LogP contribution in [0.15, 0.2) is 57.5 Å². The minimum absolute atomic E-state index is 0.0828. The second kappa shape index (κ2) is 13.6. The van der Waals surface area contributed by atoms with Crippen molar-refractivity contribution in [2.24, 2.45) is 0 Å². The number of carboxylic acids is 1. The third-order valence-electron chi connectivity index (χ3n) is 2.71. The van der Waals surface area contributed by atoms with Gasteiger partial charge in [0.05, 0.1) is 20.0 Å². The minimum atomic E-state index is -0.803. The van der Waals surface area contributed by atoms with E-state index in [1.54, 1.807) is 12.1 Å². The summed E-state index contributed by atoms with van der Waals surface area (Å²) in [4.78, 5) is 21.1. The number of benzene rings is 2. The number of carboxylic acid groups (broad SMARTS) is 1. The fourth-order valence-corrected chi connectivity index (χ4v) is 2.60. The Morgan fingerprint density at radius 2 is 1.36 bits per heavy atom. The maximum absolute atomic E-state index is 10.9. The molecule has 0 saturated heterocycles. The quantitative estimate of drug-likeness (QED) is 0.656. The number of hydrogen-bond donors (Lipinski definition) is 2. The highest BCUT2D eigenvalue weighted by atomic mass is 79.9. The Morgan fingerprint density at radius 3 is 1.72 bits per heavy atom. The molecule has 7 heteroatoms.